The number of anilines is 1. The molecule has 2 aromatic carbocycles. The molecule has 4 heterocycles. The number of carbonyl (C=O) groups excluding carboxylic acids is 1. The molecule has 6 rings (SSSR count). The summed E-state index contributed by atoms with van der Waals surface area (Å²) in [6, 6.07) is 13.0. The number of fused-ring (bicyclic) bond motifs is 6. The van der Waals surface area contributed by atoms with E-state index in [-0.39, 0.29) is 18.3 Å². The Morgan fingerprint density at radius 1 is 1.07 bits per heavy atom. The van der Waals surface area contributed by atoms with Gasteiger partial charge in [-0.25, -0.2) is 4.79 Å². The van der Waals surface area contributed by atoms with Gasteiger partial charge in [0.15, 0.2) is 0 Å². The van der Waals surface area contributed by atoms with Crippen LogP contribution in [0.1, 0.15) is 17.0 Å². The number of phenols is 1. The van der Waals surface area contributed by atoms with E-state index in [9.17, 15) is 9.90 Å². The third-order valence-electron chi connectivity index (χ3n) is 5.72. The van der Waals surface area contributed by atoms with Crippen molar-refractivity contribution in [1.29, 1.82) is 0 Å². The third kappa shape index (κ3) is 2.32. The molecule has 30 heavy (non-hydrogen) atoms. The maximum Gasteiger partial charge on any atom is 0.337 e. The summed E-state index contributed by atoms with van der Waals surface area (Å²) < 4.78 is 6.19. The molecule has 146 valence electrons. The van der Waals surface area contributed by atoms with Gasteiger partial charge in [0.2, 0.25) is 0 Å². The van der Waals surface area contributed by atoms with Gasteiger partial charge in [-0.3, -0.25) is 9.97 Å². The Morgan fingerprint density at radius 2 is 1.80 bits per heavy atom. The number of aromatic hydroxyl groups is 1. The first-order chi connectivity index (χ1) is 14.6. The number of nitrogens with zero attached hydrogens (tertiary/aromatic N) is 2. The first-order valence-corrected chi connectivity index (χ1v) is 10.2. The normalized spacial score (nSPS) is 17.6. The van der Waals surface area contributed by atoms with E-state index >= 15 is 0 Å². The molecule has 0 bridgehead atoms. The highest BCUT2D eigenvalue weighted by atomic mass is 79.9. The zero-order valence-electron chi connectivity index (χ0n) is 15.5. The predicted molar refractivity (Wildman–Crippen MR) is 116 cm³/mol. The minimum Gasteiger partial charge on any atom is -0.508 e. The van der Waals surface area contributed by atoms with E-state index in [1.807, 2.05) is 30.3 Å². The highest BCUT2D eigenvalue weighted by Gasteiger charge is 2.41. The van der Waals surface area contributed by atoms with Crippen LogP contribution in [0.5, 0.6) is 5.75 Å². The number of ether oxygens (including phenoxy) is 1. The smallest absolute Gasteiger partial charge is 0.337 e. The second kappa shape index (κ2) is 6.27. The van der Waals surface area contributed by atoms with Crippen molar-refractivity contribution < 1.29 is 14.6 Å². The van der Waals surface area contributed by atoms with Gasteiger partial charge in [-0.05, 0) is 42.0 Å². The lowest BCUT2D eigenvalue weighted by Crippen LogP contribution is -2.21. The van der Waals surface area contributed by atoms with Crippen LogP contribution in [0.3, 0.4) is 0 Å². The van der Waals surface area contributed by atoms with Crippen molar-refractivity contribution in [1.82, 2.24) is 9.97 Å². The van der Waals surface area contributed by atoms with Crippen LogP contribution in [0.25, 0.3) is 21.8 Å². The fourth-order valence-electron chi connectivity index (χ4n) is 4.50. The zero-order valence-corrected chi connectivity index (χ0v) is 17.1. The third-order valence-corrected chi connectivity index (χ3v) is 6.21. The topological polar surface area (TPSA) is 84.3 Å². The lowest BCUT2D eigenvalue weighted by molar-refractivity contribution is -0.136. The fourth-order valence-corrected chi connectivity index (χ4v) is 4.87. The van der Waals surface area contributed by atoms with Gasteiger partial charge in [-0.2, -0.15) is 0 Å². The van der Waals surface area contributed by atoms with Gasteiger partial charge in [-0.1, -0.05) is 22.0 Å². The van der Waals surface area contributed by atoms with E-state index < -0.39 is 5.92 Å². The van der Waals surface area contributed by atoms with E-state index in [1.54, 1.807) is 24.5 Å². The molecule has 2 aliphatic heterocycles. The SMILES string of the molecule is O=C1OCC2=C1C(c1cc(Br)ccc1O)c1c(c3cccnc3c3ncccc13)N2. The number of rotatable bonds is 1. The number of esters is 1. The molecule has 7 heteroatoms. The molecule has 0 radical (unpaired) electrons. The summed E-state index contributed by atoms with van der Waals surface area (Å²) in [5.41, 5.74) is 5.14. The molecule has 4 aromatic rings. The Kier molecular flexibility index (Phi) is 3.64. The molecule has 2 aromatic heterocycles. The van der Waals surface area contributed by atoms with Crippen molar-refractivity contribution in [2.24, 2.45) is 0 Å². The van der Waals surface area contributed by atoms with Crippen LogP contribution < -0.4 is 5.32 Å². The summed E-state index contributed by atoms with van der Waals surface area (Å²) in [5.74, 6) is -0.762. The number of carbonyl (C=O) groups is 1. The van der Waals surface area contributed by atoms with Crippen molar-refractivity contribution in [3.05, 3.63) is 81.7 Å². The summed E-state index contributed by atoms with van der Waals surface area (Å²) in [7, 11) is 0. The summed E-state index contributed by atoms with van der Waals surface area (Å²) in [6.07, 6.45) is 3.48. The van der Waals surface area contributed by atoms with E-state index in [2.05, 4.69) is 31.2 Å². The Morgan fingerprint density at radius 3 is 2.60 bits per heavy atom. The number of phenolic OH excluding ortho intramolecular Hbond substituents is 1. The summed E-state index contributed by atoms with van der Waals surface area (Å²) in [5, 5.41) is 16.0. The molecule has 0 amide bonds. The highest BCUT2D eigenvalue weighted by molar-refractivity contribution is 9.10. The first kappa shape index (κ1) is 17.4. The van der Waals surface area contributed by atoms with E-state index in [0.717, 1.165) is 37.5 Å². The number of hydrogen-bond donors (Lipinski definition) is 2. The van der Waals surface area contributed by atoms with Crippen molar-refractivity contribution in [2.45, 2.75) is 5.92 Å². The molecule has 0 spiro atoms. The molecular formula is C23H14BrN3O3. The van der Waals surface area contributed by atoms with Crippen LogP contribution in [-0.2, 0) is 9.53 Å². The van der Waals surface area contributed by atoms with Crippen LogP contribution in [0.15, 0.2) is 70.6 Å². The number of hydrogen-bond acceptors (Lipinski definition) is 6. The average Bonchev–Trinajstić information content (AvgIpc) is 3.15. The minimum absolute atomic E-state index is 0.117. The quantitative estimate of drug-likeness (QED) is 0.319. The standard InChI is InChI=1S/C23H14BrN3O3/c24-11-5-6-16(28)14(9-11)17-18-12-3-1-7-25-21(12)22-13(4-2-8-26-22)20(18)27-15-10-30-23(29)19(15)17/h1-9,17,27-28H,10H2. The molecular weight excluding hydrogens is 446 g/mol. The molecule has 2 N–H and O–H groups in total. The molecule has 0 saturated heterocycles. The number of pyridine rings is 2. The Bertz CT molecular complexity index is 1430. The number of benzene rings is 2. The van der Waals surface area contributed by atoms with Crippen LogP contribution >= 0.6 is 15.9 Å². The van der Waals surface area contributed by atoms with Gasteiger partial charge in [0, 0.05) is 39.1 Å². The van der Waals surface area contributed by atoms with Crippen LogP contribution in [0.2, 0.25) is 0 Å². The van der Waals surface area contributed by atoms with Gasteiger partial charge >= 0.3 is 5.97 Å². The van der Waals surface area contributed by atoms with Gasteiger partial charge < -0.3 is 15.2 Å². The van der Waals surface area contributed by atoms with Crippen LogP contribution in [0, 0.1) is 0 Å². The number of aromatic nitrogens is 2. The van der Waals surface area contributed by atoms with Crippen molar-refractivity contribution in [3.8, 4) is 5.75 Å². The molecule has 0 fully saturated rings. The van der Waals surface area contributed by atoms with Gasteiger partial charge in [-0.15, -0.1) is 0 Å². The van der Waals surface area contributed by atoms with Crippen molar-refractivity contribution >= 4 is 49.4 Å². The Hall–Kier alpha value is -3.45. The highest BCUT2D eigenvalue weighted by Crippen LogP contribution is 2.51. The Balaban J connectivity index is 1.80. The van der Waals surface area contributed by atoms with E-state index in [0.29, 0.717) is 16.8 Å². The molecule has 0 saturated carbocycles. The second-order valence-electron chi connectivity index (χ2n) is 7.32. The maximum atomic E-state index is 12.8. The maximum absolute atomic E-state index is 12.8. The lowest BCUT2D eigenvalue weighted by atomic mass is 9.78. The number of nitrogens with one attached hydrogen (secondary N) is 1. The fraction of sp³-hybridized carbons (Fsp3) is 0.0870. The largest absolute Gasteiger partial charge is 0.508 e. The molecule has 0 aliphatic carbocycles. The second-order valence-corrected chi connectivity index (χ2v) is 8.23. The molecule has 2 aliphatic rings. The molecule has 1 atom stereocenters. The molecule has 1 unspecified atom stereocenters. The van der Waals surface area contributed by atoms with Gasteiger partial charge in [0.05, 0.1) is 28.0 Å². The zero-order chi connectivity index (χ0) is 20.4. The Labute approximate surface area is 179 Å². The summed E-state index contributed by atoms with van der Waals surface area (Å²) in [6.45, 7) is 0.172. The monoisotopic (exact) mass is 459 g/mol. The van der Waals surface area contributed by atoms with Gasteiger partial charge in [0.25, 0.3) is 0 Å². The van der Waals surface area contributed by atoms with E-state index in [1.165, 1.54) is 0 Å². The number of halogens is 1. The number of cyclic esters (lactones) is 1. The molecule has 6 nitrogen and oxygen atoms in total. The summed E-state index contributed by atoms with van der Waals surface area (Å²) in [4.78, 5) is 21.9. The minimum atomic E-state index is -0.500. The van der Waals surface area contributed by atoms with Crippen molar-refractivity contribution in [3.63, 3.8) is 0 Å². The average molecular weight is 460 g/mol. The first-order valence-electron chi connectivity index (χ1n) is 9.44. The lowest BCUT2D eigenvalue weighted by Gasteiger charge is -2.30. The van der Waals surface area contributed by atoms with Crippen LogP contribution in [-0.4, -0.2) is 27.7 Å². The predicted octanol–water partition coefficient (Wildman–Crippen LogP) is 4.62. The van der Waals surface area contributed by atoms with Gasteiger partial charge in [0.1, 0.15) is 12.4 Å². The van der Waals surface area contributed by atoms with Crippen molar-refractivity contribution in [2.75, 3.05) is 11.9 Å². The summed E-state index contributed by atoms with van der Waals surface area (Å²) >= 11 is 3.50. The van der Waals surface area contributed by atoms with E-state index in [4.69, 9.17) is 4.74 Å². The van der Waals surface area contributed by atoms with Crippen LogP contribution in [0.4, 0.5) is 5.69 Å².